The van der Waals surface area contributed by atoms with E-state index in [1.54, 1.807) is 17.0 Å². The van der Waals surface area contributed by atoms with Gasteiger partial charge < -0.3 is 10.0 Å². The molecule has 2 aromatic rings. The van der Waals surface area contributed by atoms with E-state index in [0.29, 0.717) is 13.1 Å². The number of rotatable bonds is 3. The minimum atomic E-state index is -1.13. The van der Waals surface area contributed by atoms with Crippen molar-refractivity contribution in [2.45, 2.75) is 20.3 Å². The van der Waals surface area contributed by atoms with Crippen LogP contribution in [0.5, 0.6) is 0 Å². The fourth-order valence-corrected chi connectivity index (χ4v) is 3.11. The van der Waals surface area contributed by atoms with Gasteiger partial charge in [0, 0.05) is 13.1 Å². The summed E-state index contributed by atoms with van der Waals surface area (Å²) in [5.74, 6) is -1.37. The molecule has 0 atom stereocenters. The van der Waals surface area contributed by atoms with Crippen molar-refractivity contribution in [1.29, 1.82) is 0 Å². The van der Waals surface area contributed by atoms with Gasteiger partial charge in [0.25, 0.3) is 5.91 Å². The van der Waals surface area contributed by atoms with Crippen molar-refractivity contribution in [3.8, 4) is 0 Å². The first-order valence-corrected chi connectivity index (χ1v) is 8.21. The van der Waals surface area contributed by atoms with Crippen LogP contribution < -0.4 is 0 Å². The molecule has 0 unspecified atom stereocenters. The lowest BCUT2D eigenvalue weighted by Gasteiger charge is -2.26. The van der Waals surface area contributed by atoms with Crippen molar-refractivity contribution in [2.75, 3.05) is 13.1 Å². The van der Waals surface area contributed by atoms with E-state index >= 15 is 0 Å². The fourth-order valence-electron chi connectivity index (χ4n) is 3.11. The van der Waals surface area contributed by atoms with Gasteiger partial charge >= 0.3 is 5.97 Å². The minimum Gasteiger partial charge on any atom is -0.477 e. The largest absolute Gasteiger partial charge is 0.477 e. The highest BCUT2D eigenvalue weighted by molar-refractivity contribution is 5.94. The van der Waals surface area contributed by atoms with Crippen molar-refractivity contribution in [3.05, 3.63) is 70.6 Å². The third kappa shape index (κ3) is 3.76. The molecule has 1 aliphatic heterocycles. The number of carboxylic acid groups (broad SMARTS) is 1. The average molecular weight is 336 g/mol. The number of carbonyl (C=O) groups excluding carboxylic acids is 1. The molecule has 1 aliphatic rings. The number of aromatic carboxylic acids is 1. The number of amides is 1. The molecule has 0 radical (unpaired) electrons. The first-order chi connectivity index (χ1) is 11.9. The van der Waals surface area contributed by atoms with Crippen LogP contribution in [0.25, 0.3) is 5.57 Å². The Morgan fingerprint density at radius 2 is 1.76 bits per heavy atom. The van der Waals surface area contributed by atoms with E-state index in [-0.39, 0.29) is 17.3 Å². The first-order valence-electron chi connectivity index (χ1n) is 8.21. The van der Waals surface area contributed by atoms with Crippen molar-refractivity contribution in [1.82, 2.24) is 9.88 Å². The monoisotopic (exact) mass is 336 g/mol. The number of nitrogens with zero attached hydrogens (tertiary/aromatic N) is 2. The molecule has 2 heterocycles. The molecule has 0 saturated heterocycles. The fraction of sp³-hybridized carbons (Fsp3) is 0.250. The van der Waals surface area contributed by atoms with Gasteiger partial charge in [0.1, 0.15) is 11.4 Å². The Labute approximate surface area is 146 Å². The van der Waals surface area contributed by atoms with Crippen LogP contribution >= 0.6 is 0 Å². The molecular weight excluding hydrogens is 316 g/mol. The summed E-state index contributed by atoms with van der Waals surface area (Å²) >= 11 is 0. The van der Waals surface area contributed by atoms with E-state index in [0.717, 1.165) is 6.42 Å². The van der Waals surface area contributed by atoms with Crippen LogP contribution in [-0.2, 0) is 0 Å². The van der Waals surface area contributed by atoms with E-state index in [2.05, 4.69) is 43.1 Å². The van der Waals surface area contributed by atoms with Crippen LogP contribution in [0.15, 0.2) is 42.5 Å². The Kier molecular flexibility index (Phi) is 4.65. The van der Waals surface area contributed by atoms with Gasteiger partial charge in [0.2, 0.25) is 0 Å². The molecule has 1 aromatic carbocycles. The third-order valence-electron chi connectivity index (χ3n) is 4.28. The summed E-state index contributed by atoms with van der Waals surface area (Å²) in [4.78, 5) is 29.2. The number of aromatic nitrogens is 1. The zero-order valence-corrected chi connectivity index (χ0v) is 14.3. The van der Waals surface area contributed by atoms with Crippen molar-refractivity contribution in [3.63, 3.8) is 0 Å². The predicted molar refractivity (Wildman–Crippen MR) is 95.6 cm³/mol. The van der Waals surface area contributed by atoms with E-state index in [4.69, 9.17) is 5.11 Å². The summed E-state index contributed by atoms with van der Waals surface area (Å²) in [6.45, 7) is 5.25. The predicted octanol–water partition coefficient (Wildman–Crippen LogP) is 3.33. The third-order valence-corrected chi connectivity index (χ3v) is 4.28. The van der Waals surface area contributed by atoms with Gasteiger partial charge in [0.15, 0.2) is 0 Å². The van der Waals surface area contributed by atoms with Crippen molar-refractivity contribution >= 4 is 17.4 Å². The molecule has 0 bridgehead atoms. The standard InChI is InChI=1S/C20H20N2O3/c1-13-10-14(2)12-16(11-13)15-6-8-22(9-7-15)19(23)17-4-3-5-18(21-17)20(24)25/h3-6,10-12H,7-9H2,1-2H3,(H,24,25). The number of carboxylic acids is 1. The Morgan fingerprint density at radius 1 is 1.08 bits per heavy atom. The first kappa shape index (κ1) is 16.9. The van der Waals surface area contributed by atoms with Gasteiger partial charge in [0.05, 0.1) is 0 Å². The lowest BCUT2D eigenvalue weighted by Crippen LogP contribution is -2.35. The van der Waals surface area contributed by atoms with Gasteiger partial charge in [-0.3, -0.25) is 4.79 Å². The van der Waals surface area contributed by atoms with Gasteiger partial charge in [-0.15, -0.1) is 0 Å². The molecule has 25 heavy (non-hydrogen) atoms. The van der Waals surface area contributed by atoms with Gasteiger partial charge in [-0.05, 0) is 43.5 Å². The van der Waals surface area contributed by atoms with Crippen LogP contribution in [0.3, 0.4) is 0 Å². The molecule has 128 valence electrons. The molecule has 1 amide bonds. The second kappa shape index (κ2) is 6.89. The number of pyridine rings is 1. The zero-order valence-electron chi connectivity index (χ0n) is 14.3. The molecule has 0 spiro atoms. The van der Waals surface area contributed by atoms with Crippen LogP contribution in [0, 0.1) is 13.8 Å². The number of aryl methyl sites for hydroxylation is 2. The number of carbonyl (C=O) groups is 2. The summed E-state index contributed by atoms with van der Waals surface area (Å²) in [6.07, 6.45) is 2.84. The molecule has 5 nitrogen and oxygen atoms in total. The molecule has 1 N–H and O–H groups in total. The quantitative estimate of drug-likeness (QED) is 0.933. The zero-order chi connectivity index (χ0) is 18.0. The Hall–Kier alpha value is -2.95. The summed E-state index contributed by atoms with van der Waals surface area (Å²) < 4.78 is 0. The number of benzene rings is 1. The maximum atomic E-state index is 12.6. The second-order valence-electron chi connectivity index (χ2n) is 6.32. The Bertz CT molecular complexity index is 851. The Balaban J connectivity index is 1.77. The minimum absolute atomic E-state index is 0.116. The van der Waals surface area contributed by atoms with Gasteiger partial charge in [-0.2, -0.15) is 0 Å². The SMILES string of the molecule is Cc1cc(C)cc(C2=CCN(C(=O)c3cccc(C(=O)O)n3)CC2)c1. The highest BCUT2D eigenvalue weighted by Gasteiger charge is 2.21. The number of hydrogen-bond acceptors (Lipinski definition) is 3. The highest BCUT2D eigenvalue weighted by Crippen LogP contribution is 2.25. The summed E-state index contributed by atoms with van der Waals surface area (Å²) in [5, 5.41) is 9.01. The topological polar surface area (TPSA) is 70.5 Å². The molecule has 3 rings (SSSR count). The maximum Gasteiger partial charge on any atom is 0.354 e. The van der Waals surface area contributed by atoms with Crippen LogP contribution in [-0.4, -0.2) is 40.0 Å². The summed E-state index contributed by atoms with van der Waals surface area (Å²) in [6, 6.07) is 10.9. The van der Waals surface area contributed by atoms with Crippen molar-refractivity contribution in [2.24, 2.45) is 0 Å². The summed E-state index contributed by atoms with van der Waals surface area (Å²) in [5.41, 5.74) is 4.95. The highest BCUT2D eigenvalue weighted by atomic mass is 16.4. The van der Waals surface area contributed by atoms with Gasteiger partial charge in [-0.25, -0.2) is 9.78 Å². The molecule has 0 aliphatic carbocycles. The number of hydrogen-bond donors (Lipinski definition) is 1. The maximum absolute atomic E-state index is 12.6. The van der Waals surface area contributed by atoms with E-state index in [9.17, 15) is 9.59 Å². The lowest BCUT2D eigenvalue weighted by molar-refractivity contribution is 0.0690. The molecule has 0 saturated carbocycles. The van der Waals surface area contributed by atoms with Gasteiger partial charge in [-0.1, -0.05) is 41.5 Å². The Morgan fingerprint density at radius 3 is 2.36 bits per heavy atom. The lowest BCUT2D eigenvalue weighted by atomic mass is 9.96. The smallest absolute Gasteiger partial charge is 0.354 e. The normalized spacial score (nSPS) is 14.2. The summed E-state index contributed by atoms with van der Waals surface area (Å²) in [7, 11) is 0. The van der Waals surface area contributed by atoms with E-state index in [1.165, 1.54) is 28.3 Å². The molecule has 1 aromatic heterocycles. The van der Waals surface area contributed by atoms with Crippen molar-refractivity contribution < 1.29 is 14.7 Å². The average Bonchev–Trinajstić information content (AvgIpc) is 2.60. The van der Waals surface area contributed by atoms with E-state index in [1.807, 2.05) is 0 Å². The molecule has 5 heteroatoms. The van der Waals surface area contributed by atoms with E-state index < -0.39 is 5.97 Å². The van der Waals surface area contributed by atoms with Crippen LogP contribution in [0.4, 0.5) is 0 Å². The molecule has 0 fully saturated rings. The van der Waals surface area contributed by atoms with Crippen LogP contribution in [0.2, 0.25) is 0 Å². The second-order valence-corrected chi connectivity index (χ2v) is 6.32. The van der Waals surface area contributed by atoms with Crippen LogP contribution in [0.1, 0.15) is 44.1 Å². The molecular formula is C20H20N2O3.